The first-order valence-corrected chi connectivity index (χ1v) is 6.34. The van der Waals surface area contributed by atoms with Gasteiger partial charge in [0.2, 0.25) is 0 Å². The largest absolute Gasteiger partial charge is 0.493 e. The van der Waals surface area contributed by atoms with Crippen molar-refractivity contribution in [1.82, 2.24) is 5.32 Å². The van der Waals surface area contributed by atoms with Gasteiger partial charge in [-0.1, -0.05) is 6.92 Å². The quantitative estimate of drug-likeness (QED) is 0.725. The third-order valence-corrected chi connectivity index (χ3v) is 2.85. The van der Waals surface area contributed by atoms with Crippen LogP contribution in [0.2, 0.25) is 0 Å². The van der Waals surface area contributed by atoms with Gasteiger partial charge in [-0.25, -0.2) is 4.39 Å². The van der Waals surface area contributed by atoms with Gasteiger partial charge in [0, 0.05) is 6.07 Å². The van der Waals surface area contributed by atoms with E-state index >= 15 is 0 Å². The van der Waals surface area contributed by atoms with Crippen molar-refractivity contribution in [2.24, 2.45) is 0 Å². The first-order chi connectivity index (χ1) is 8.72. The van der Waals surface area contributed by atoms with Gasteiger partial charge in [-0.15, -0.1) is 0 Å². The minimum atomic E-state index is -0.226. The van der Waals surface area contributed by atoms with Crippen LogP contribution < -0.4 is 14.8 Å². The Morgan fingerprint density at radius 1 is 1.11 bits per heavy atom. The zero-order chi connectivity index (χ0) is 13.4. The van der Waals surface area contributed by atoms with Gasteiger partial charge in [0.25, 0.3) is 0 Å². The number of methoxy groups -OCH3 is 2. The molecule has 1 rings (SSSR count). The summed E-state index contributed by atoms with van der Waals surface area (Å²) in [4.78, 5) is 0. The van der Waals surface area contributed by atoms with E-state index in [2.05, 4.69) is 12.2 Å². The number of ether oxygens (including phenoxy) is 2. The smallest absolute Gasteiger partial charge is 0.163 e. The third kappa shape index (κ3) is 4.18. The normalized spacial score (nSPS) is 10.4. The maximum absolute atomic E-state index is 13.8. The van der Waals surface area contributed by atoms with Crippen molar-refractivity contribution < 1.29 is 13.9 Å². The van der Waals surface area contributed by atoms with Gasteiger partial charge < -0.3 is 14.8 Å². The van der Waals surface area contributed by atoms with E-state index in [-0.39, 0.29) is 5.82 Å². The second-order valence-corrected chi connectivity index (χ2v) is 4.11. The second kappa shape index (κ2) is 7.93. The predicted octanol–water partition coefficient (Wildman–Crippen LogP) is 2.78. The molecule has 0 aromatic heterocycles. The van der Waals surface area contributed by atoms with Crippen LogP contribution in [-0.2, 0) is 6.42 Å². The standard InChI is InChI=1S/C14H22FNO2/c1-4-16-8-6-5-7-11-9-13(17-2)14(18-3)10-12(11)15/h9-10,16H,4-8H2,1-3H3. The number of unbranched alkanes of at least 4 members (excludes halogenated alkanes) is 1. The lowest BCUT2D eigenvalue weighted by molar-refractivity contribution is 0.351. The molecule has 0 atom stereocenters. The Bertz CT molecular complexity index is 369. The third-order valence-electron chi connectivity index (χ3n) is 2.85. The SMILES string of the molecule is CCNCCCCc1cc(OC)c(OC)cc1F. The highest BCUT2D eigenvalue weighted by molar-refractivity contribution is 5.43. The van der Waals surface area contributed by atoms with Gasteiger partial charge in [-0.2, -0.15) is 0 Å². The molecular weight excluding hydrogens is 233 g/mol. The van der Waals surface area contributed by atoms with E-state index in [1.54, 1.807) is 13.2 Å². The van der Waals surface area contributed by atoms with E-state index in [0.717, 1.165) is 32.4 Å². The molecule has 18 heavy (non-hydrogen) atoms. The number of aryl methyl sites for hydroxylation is 1. The predicted molar refractivity (Wildman–Crippen MR) is 71.0 cm³/mol. The lowest BCUT2D eigenvalue weighted by atomic mass is 10.1. The van der Waals surface area contributed by atoms with Crippen LogP contribution in [0.1, 0.15) is 25.3 Å². The minimum Gasteiger partial charge on any atom is -0.493 e. The molecule has 0 radical (unpaired) electrons. The summed E-state index contributed by atoms with van der Waals surface area (Å²) in [7, 11) is 3.07. The summed E-state index contributed by atoms with van der Waals surface area (Å²) >= 11 is 0. The molecule has 4 heteroatoms. The van der Waals surface area contributed by atoms with Crippen molar-refractivity contribution >= 4 is 0 Å². The van der Waals surface area contributed by atoms with Crippen molar-refractivity contribution in [2.75, 3.05) is 27.3 Å². The molecule has 0 saturated heterocycles. The lowest BCUT2D eigenvalue weighted by Crippen LogP contribution is -2.14. The van der Waals surface area contributed by atoms with E-state index in [0.29, 0.717) is 17.1 Å². The highest BCUT2D eigenvalue weighted by Crippen LogP contribution is 2.30. The van der Waals surface area contributed by atoms with Crippen molar-refractivity contribution in [3.05, 3.63) is 23.5 Å². The molecule has 3 nitrogen and oxygen atoms in total. The van der Waals surface area contributed by atoms with Gasteiger partial charge in [-0.3, -0.25) is 0 Å². The average Bonchev–Trinajstić information content (AvgIpc) is 2.39. The fourth-order valence-corrected chi connectivity index (χ4v) is 1.83. The molecule has 0 saturated carbocycles. The van der Waals surface area contributed by atoms with Crippen LogP contribution in [0, 0.1) is 5.82 Å². The summed E-state index contributed by atoms with van der Waals surface area (Å²) in [5.74, 6) is 0.795. The number of hydrogen-bond acceptors (Lipinski definition) is 3. The van der Waals surface area contributed by atoms with Crippen molar-refractivity contribution in [2.45, 2.75) is 26.2 Å². The van der Waals surface area contributed by atoms with E-state index in [1.165, 1.54) is 13.2 Å². The first-order valence-electron chi connectivity index (χ1n) is 6.34. The molecule has 0 fully saturated rings. The summed E-state index contributed by atoms with van der Waals surface area (Å²) in [5, 5.41) is 3.25. The number of benzene rings is 1. The average molecular weight is 255 g/mol. The minimum absolute atomic E-state index is 0.226. The van der Waals surface area contributed by atoms with Crippen molar-refractivity contribution in [3.8, 4) is 11.5 Å². The highest BCUT2D eigenvalue weighted by Gasteiger charge is 2.10. The summed E-state index contributed by atoms with van der Waals surface area (Å²) in [6.07, 6.45) is 2.72. The topological polar surface area (TPSA) is 30.5 Å². The first kappa shape index (κ1) is 14.8. The van der Waals surface area contributed by atoms with Crippen LogP contribution in [0.15, 0.2) is 12.1 Å². The molecule has 0 unspecified atom stereocenters. The van der Waals surface area contributed by atoms with E-state index in [1.807, 2.05) is 0 Å². The van der Waals surface area contributed by atoms with Crippen LogP contribution in [-0.4, -0.2) is 27.3 Å². The number of nitrogens with one attached hydrogen (secondary N) is 1. The Hall–Kier alpha value is -1.29. The van der Waals surface area contributed by atoms with E-state index < -0.39 is 0 Å². The van der Waals surface area contributed by atoms with Gasteiger partial charge in [-0.05, 0) is 44.0 Å². The molecule has 0 bridgehead atoms. The summed E-state index contributed by atoms with van der Waals surface area (Å²) in [5.41, 5.74) is 0.684. The number of hydrogen-bond donors (Lipinski definition) is 1. The van der Waals surface area contributed by atoms with Crippen LogP contribution in [0.3, 0.4) is 0 Å². The van der Waals surface area contributed by atoms with Crippen LogP contribution in [0.25, 0.3) is 0 Å². The molecule has 1 aromatic rings. The molecule has 1 aromatic carbocycles. The molecule has 0 amide bonds. The maximum Gasteiger partial charge on any atom is 0.163 e. The van der Waals surface area contributed by atoms with E-state index in [9.17, 15) is 4.39 Å². The number of halogens is 1. The highest BCUT2D eigenvalue weighted by atomic mass is 19.1. The van der Waals surface area contributed by atoms with Crippen LogP contribution >= 0.6 is 0 Å². The zero-order valence-corrected chi connectivity index (χ0v) is 11.4. The van der Waals surface area contributed by atoms with Crippen LogP contribution in [0.5, 0.6) is 11.5 Å². The molecule has 0 aliphatic heterocycles. The van der Waals surface area contributed by atoms with Crippen molar-refractivity contribution in [1.29, 1.82) is 0 Å². The Morgan fingerprint density at radius 2 is 1.78 bits per heavy atom. The molecule has 1 N–H and O–H groups in total. The van der Waals surface area contributed by atoms with Gasteiger partial charge in [0.15, 0.2) is 11.5 Å². The second-order valence-electron chi connectivity index (χ2n) is 4.11. The lowest BCUT2D eigenvalue weighted by Gasteiger charge is -2.11. The molecule has 102 valence electrons. The molecule has 0 aliphatic carbocycles. The van der Waals surface area contributed by atoms with Gasteiger partial charge in [0.05, 0.1) is 14.2 Å². The molecule has 0 aliphatic rings. The summed E-state index contributed by atoms with van der Waals surface area (Å²) in [6, 6.07) is 3.11. The fraction of sp³-hybridized carbons (Fsp3) is 0.571. The molecule has 0 heterocycles. The number of rotatable bonds is 8. The Morgan fingerprint density at radius 3 is 2.39 bits per heavy atom. The monoisotopic (exact) mass is 255 g/mol. The Labute approximate surface area is 108 Å². The molecule has 0 spiro atoms. The van der Waals surface area contributed by atoms with E-state index in [4.69, 9.17) is 9.47 Å². The Kier molecular flexibility index (Phi) is 6.50. The molecular formula is C14H22FNO2. The van der Waals surface area contributed by atoms with Gasteiger partial charge in [0.1, 0.15) is 5.82 Å². The summed E-state index contributed by atoms with van der Waals surface area (Å²) < 4.78 is 24.0. The van der Waals surface area contributed by atoms with Gasteiger partial charge >= 0.3 is 0 Å². The van der Waals surface area contributed by atoms with Crippen molar-refractivity contribution in [3.63, 3.8) is 0 Å². The maximum atomic E-state index is 13.8. The Balaban J connectivity index is 2.59. The zero-order valence-electron chi connectivity index (χ0n) is 11.4. The van der Waals surface area contributed by atoms with Crippen LogP contribution in [0.4, 0.5) is 4.39 Å². The fourth-order valence-electron chi connectivity index (χ4n) is 1.83. The summed E-state index contributed by atoms with van der Waals surface area (Å²) in [6.45, 7) is 4.03.